The zero-order valence-corrected chi connectivity index (χ0v) is 14.3. The van der Waals surface area contributed by atoms with Gasteiger partial charge in [0.25, 0.3) is 5.56 Å². The summed E-state index contributed by atoms with van der Waals surface area (Å²) in [6, 6.07) is 14.9. The number of nitrogens with two attached hydrogens (primary N) is 1. The van der Waals surface area contributed by atoms with Gasteiger partial charge in [0.15, 0.2) is 0 Å². The Morgan fingerprint density at radius 1 is 1.12 bits per heavy atom. The lowest BCUT2D eigenvalue weighted by Gasteiger charge is -2.14. The molecule has 1 aliphatic carbocycles. The first-order chi connectivity index (χ1) is 12.5. The predicted molar refractivity (Wildman–Crippen MR) is 102 cm³/mol. The molecule has 26 heavy (non-hydrogen) atoms. The fourth-order valence-corrected chi connectivity index (χ4v) is 3.95. The third-order valence-corrected chi connectivity index (χ3v) is 5.24. The van der Waals surface area contributed by atoms with E-state index in [9.17, 15) is 14.7 Å². The lowest BCUT2D eigenvalue weighted by molar-refractivity contribution is 0.0694. The van der Waals surface area contributed by atoms with Crippen molar-refractivity contribution in [2.45, 2.75) is 25.8 Å². The number of nitrogen functional groups attached to an aromatic ring is 1. The summed E-state index contributed by atoms with van der Waals surface area (Å²) in [6.07, 6.45) is 2.74. The number of hydrogen-bond donors (Lipinski definition) is 2. The minimum Gasteiger partial charge on any atom is -0.477 e. The lowest BCUT2D eigenvalue weighted by atomic mass is 10.0. The van der Waals surface area contributed by atoms with Gasteiger partial charge in [-0.1, -0.05) is 24.3 Å². The number of hydrogen-bond acceptors (Lipinski definition) is 3. The molecule has 3 aromatic rings. The van der Waals surface area contributed by atoms with Crippen LogP contribution in [-0.4, -0.2) is 15.6 Å². The van der Waals surface area contributed by atoms with Crippen molar-refractivity contribution in [2.24, 2.45) is 5.92 Å². The van der Waals surface area contributed by atoms with E-state index >= 15 is 0 Å². The first-order valence-electron chi connectivity index (χ1n) is 8.76. The van der Waals surface area contributed by atoms with Crippen molar-refractivity contribution in [1.82, 2.24) is 4.57 Å². The molecule has 0 aliphatic heterocycles. The molecule has 0 saturated carbocycles. The molecule has 0 bridgehead atoms. The van der Waals surface area contributed by atoms with Gasteiger partial charge in [0.2, 0.25) is 0 Å². The monoisotopic (exact) mass is 348 g/mol. The summed E-state index contributed by atoms with van der Waals surface area (Å²) in [6.45, 7) is 0.509. The van der Waals surface area contributed by atoms with E-state index in [-0.39, 0.29) is 5.56 Å². The Morgan fingerprint density at radius 2 is 1.88 bits per heavy atom. The van der Waals surface area contributed by atoms with Crippen molar-refractivity contribution < 1.29 is 9.90 Å². The van der Waals surface area contributed by atoms with Gasteiger partial charge in [0.1, 0.15) is 5.56 Å². The number of fused-ring (bicyclic) bond motifs is 2. The number of aromatic carboxylic acids is 1. The minimum absolute atomic E-state index is 0.175. The quantitative estimate of drug-likeness (QED) is 0.710. The van der Waals surface area contributed by atoms with E-state index in [4.69, 9.17) is 5.73 Å². The van der Waals surface area contributed by atoms with Gasteiger partial charge < -0.3 is 15.4 Å². The topological polar surface area (TPSA) is 85.3 Å². The van der Waals surface area contributed by atoms with Gasteiger partial charge >= 0.3 is 5.97 Å². The number of carboxylic acid groups (broad SMARTS) is 1. The highest BCUT2D eigenvalue weighted by atomic mass is 16.4. The van der Waals surface area contributed by atoms with E-state index < -0.39 is 11.5 Å². The molecule has 4 rings (SSSR count). The Morgan fingerprint density at radius 3 is 2.69 bits per heavy atom. The zero-order chi connectivity index (χ0) is 18.3. The second-order valence-corrected chi connectivity index (χ2v) is 6.97. The highest BCUT2D eigenvalue weighted by molar-refractivity contribution is 5.92. The van der Waals surface area contributed by atoms with Crippen LogP contribution in [0.15, 0.2) is 53.3 Å². The largest absolute Gasteiger partial charge is 0.477 e. The first kappa shape index (κ1) is 16.4. The molecule has 1 heterocycles. The number of nitrogens with zero attached hydrogens (tertiary/aromatic N) is 1. The van der Waals surface area contributed by atoms with Gasteiger partial charge in [0, 0.05) is 12.2 Å². The zero-order valence-electron chi connectivity index (χ0n) is 14.3. The van der Waals surface area contributed by atoms with Crippen molar-refractivity contribution in [3.8, 4) is 0 Å². The Bertz CT molecular complexity index is 1070. The summed E-state index contributed by atoms with van der Waals surface area (Å²) >= 11 is 0. The van der Waals surface area contributed by atoms with Crippen LogP contribution in [0.2, 0.25) is 0 Å². The normalized spacial score (nSPS) is 15.9. The number of benzene rings is 2. The number of aromatic nitrogens is 1. The summed E-state index contributed by atoms with van der Waals surface area (Å²) < 4.78 is 1.61. The lowest BCUT2D eigenvalue weighted by Crippen LogP contribution is -2.27. The minimum atomic E-state index is -1.18. The third kappa shape index (κ3) is 2.86. The molecule has 0 fully saturated rings. The molecule has 0 radical (unpaired) electrons. The molecule has 1 atom stereocenters. The second-order valence-electron chi connectivity index (χ2n) is 6.97. The molecule has 0 spiro atoms. The number of para-hydroxylation sites is 1. The van der Waals surface area contributed by atoms with Crippen LogP contribution in [0, 0.1) is 5.92 Å². The summed E-state index contributed by atoms with van der Waals surface area (Å²) in [5, 5.41) is 10.1. The Labute approximate surface area is 150 Å². The fourth-order valence-electron chi connectivity index (χ4n) is 3.95. The Hall–Kier alpha value is -3.08. The van der Waals surface area contributed by atoms with Crippen LogP contribution in [0.1, 0.15) is 27.9 Å². The average molecular weight is 348 g/mol. The summed E-state index contributed by atoms with van der Waals surface area (Å²) in [5.41, 5.74) is 9.42. The highest BCUT2D eigenvalue weighted by Crippen LogP contribution is 2.30. The maximum Gasteiger partial charge on any atom is 0.341 e. The van der Waals surface area contributed by atoms with E-state index in [1.54, 1.807) is 4.57 Å². The average Bonchev–Trinajstić information content (AvgIpc) is 3.02. The summed E-state index contributed by atoms with van der Waals surface area (Å²) in [4.78, 5) is 24.1. The number of anilines is 1. The molecule has 5 nitrogen and oxygen atoms in total. The molecule has 1 unspecified atom stereocenters. The van der Waals surface area contributed by atoms with Crippen LogP contribution in [0.25, 0.3) is 10.9 Å². The number of carbonyl (C=O) groups is 1. The van der Waals surface area contributed by atoms with Gasteiger partial charge in [0.05, 0.1) is 5.52 Å². The van der Waals surface area contributed by atoms with Crippen molar-refractivity contribution >= 4 is 22.6 Å². The predicted octanol–water partition coefficient (Wildman–Crippen LogP) is 3.09. The van der Waals surface area contributed by atoms with E-state index in [2.05, 4.69) is 6.07 Å². The molecular formula is C21H20N2O3. The molecule has 0 saturated heterocycles. The molecule has 1 aromatic heterocycles. The van der Waals surface area contributed by atoms with Crippen LogP contribution in [-0.2, 0) is 19.4 Å². The molecule has 0 amide bonds. The van der Waals surface area contributed by atoms with E-state index in [1.165, 1.54) is 17.2 Å². The van der Waals surface area contributed by atoms with E-state index in [0.717, 1.165) is 35.9 Å². The van der Waals surface area contributed by atoms with Gasteiger partial charge in [-0.05, 0) is 66.0 Å². The van der Waals surface area contributed by atoms with Crippen LogP contribution in [0.5, 0.6) is 0 Å². The van der Waals surface area contributed by atoms with Crippen molar-refractivity contribution in [3.05, 3.63) is 75.6 Å². The summed E-state index contributed by atoms with van der Waals surface area (Å²) in [7, 11) is 0. The van der Waals surface area contributed by atoms with Gasteiger partial charge in [-0.25, -0.2) is 4.79 Å². The van der Waals surface area contributed by atoms with Crippen LogP contribution >= 0.6 is 0 Å². The number of rotatable bonds is 4. The highest BCUT2D eigenvalue weighted by Gasteiger charge is 2.22. The van der Waals surface area contributed by atoms with Gasteiger partial charge in [-0.3, -0.25) is 4.79 Å². The second kappa shape index (κ2) is 6.33. The molecule has 3 N–H and O–H groups in total. The molecular weight excluding hydrogens is 328 g/mol. The van der Waals surface area contributed by atoms with Crippen molar-refractivity contribution in [1.29, 1.82) is 0 Å². The SMILES string of the molecule is Nc1ccc2c(c1)CC(CCn1c(=O)c(C(=O)O)cc3ccccc31)C2. The van der Waals surface area contributed by atoms with Crippen LogP contribution in [0.4, 0.5) is 5.69 Å². The maximum atomic E-state index is 12.7. The van der Waals surface area contributed by atoms with Crippen molar-refractivity contribution in [2.75, 3.05) is 5.73 Å². The molecule has 1 aliphatic rings. The smallest absolute Gasteiger partial charge is 0.341 e. The Balaban J connectivity index is 1.63. The van der Waals surface area contributed by atoms with E-state index in [0.29, 0.717) is 12.5 Å². The fraction of sp³-hybridized carbons (Fsp3) is 0.238. The van der Waals surface area contributed by atoms with Gasteiger partial charge in [-0.2, -0.15) is 0 Å². The van der Waals surface area contributed by atoms with E-state index in [1.807, 2.05) is 36.4 Å². The number of pyridine rings is 1. The standard InChI is InChI=1S/C21H20N2O3/c22-17-6-5-14-9-13(10-16(14)11-17)7-8-23-19-4-2-1-3-15(19)12-18(20(23)24)21(25)26/h1-6,11-13H,7-10,22H2,(H,25,26). The summed E-state index contributed by atoms with van der Waals surface area (Å²) in [5.74, 6) is -0.746. The number of aryl methyl sites for hydroxylation is 1. The molecule has 2 aromatic carbocycles. The first-order valence-corrected chi connectivity index (χ1v) is 8.76. The van der Waals surface area contributed by atoms with Crippen LogP contribution < -0.4 is 11.3 Å². The maximum absolute atomic E-state index is 12.7. The third-order valence-electron chi connectivity index (χ3n) is 5.24. The molecule has 5 heteroatoms. The molecule has 132 valence electrons. The Kier molecular flexibility index (Phi) is 3.99. The van der Waals surface area contributed by atoms with Gasteiger partial charge in [-0.15, -0.1) is 0 Å². The number of carboxylic acids is 1. The van der Waals surface area contributed by atoms with Crippen LogP contribution in [0.3, 0.4) is 0 Å². The van der Waals surface area contributed by atoms with Crippen molar-refractivity contribution in [3.63, 3.8) is 0 Å².